The van der Waals surface area contributed by atoms with Crippen LogP contribution >= 0.6 is 0 Å². The standard InChI is InChI=1S/C12H21NO4S/c14-12(15)11-6-7-13(8-11)18(16,17)9-10-4-2-1-3-5-10/h10-11H,1-9H2,(H,14,15)/t11-/m0/s1. The van der Waals surface area contributed by atoms with Crippen molar-refractivity contribution < 1.29 is 18.3 Å². The summed E-state index contributed by atoms with van der Waals surface area (Å²) in [4.78, 5) is 10.8. The van der Waals surface area contributed by atoms with E-state index in [0.29, 0.717) is 13.0 Å². The Hall–Kier alpha value is -0.620. The molecular formula is C12H21NO4S. The summed E-state index contributed by atoms with van der Waals surface area (Å²) in [6, 6.07) is 0. The molecule has 0 spiro atoms. The molecule has 2 rings (SSSR count). The molecule has 1 aliphatic heterocycles. The van der Waals surface area contributed by atoms with Crippen molar-refractivity contribution in [2.24, 2.45) is 11.8 Å². The molecule has 0 aromatic rings. The van der Waals surface area contributed by atoms with Crippen molar-refractivity contribution in [1.82, 2.24) is 4.31 Å². The maximum absolute atomic E-state index is 12.2. The molecular weight excluding hydrogens is 254 g/mol. The van der Waals surface area contributed by atoms with Gasteiger partial charge in [0.1, 0.15) is 0 Å². The summed E-state index contributed by atoms with van der Waals surface area (Å²) in [5.74, 6) is -0.927. The summed E-state index contributed by atoms with van der Waals surface area (Å²) in [7, 11) is -3.26. The zero-order valence-electron chi connectivity index (χ0n) is 10.5. The number of hydrogen-bond acceptors (Lipinski definition) is 3. The lowest BCUT2D eigenvalue weighted by molar-refractivity contribution is -0.141. The van der Waals surface area contributed by atoms with Crippen molar-refractivity contribution >= 4 is 16.0 Å². The van der Waals surface area contributed by atoms with Gasteiger partial charge >= 0.3 is 5.97 Å². The van der Waals surface area contributed by atoms with Crippen LogP contribution in [-0.2, 0) is 14.8 Å². The van der Waals surface area contributed by atoms with E-state index in [1.807, 2.05) is 0 Å². The van der Waals surface area contributed by atoms with Crippen LogP contribution in [0.2, 0.25) is 0 Å². The van der Waals surface area contributed by atoms with Crippen LogP contribution in [0.25, 0.3) is 0 Å². The SMILES string of the molecule is O=C(O)[C@H]1CCN(S(=O)(=O)CC2CCCCC2)C1. The summed E-state index contributed by atoms with van der Waals surface area (Å²) in [5.41, 5.74) is 0. The summed E-state index contributed by atoms with van der Waals surface area (Å²) >= 11 is 0. The number of aliphatic carboxylic acids is 1. The highest BCUT2D eigenvalue weighted by Gasteiger charge is 2.36. The zero-order chi connectivity index (χ0) is 13.2. The Morgan fingerprint density at radius 2 is 1.83 bits per heavy atom. The van der Waals surface area contributed by atoms with Gasteiger partial charge in [-0.25, -0.2) is 12.7 Å². The minimum absolute atomic E-state index is 0.157. The monoisotopic (exact) mass is 275 g/mol. The van der Waals surface area contributed by atoms with Gasteiger partial charge in [0.05, 0.1) is 11.7 Å². The van der Waals surface area contributed by atoms with Gasteiger partial charge in [-0.3, -0.25) is 4.79 Å². The molecule has 1 atom stereocenters. The van der Waals surface area contributed by atoms with Crippen LogP contribution in [0.5, 0.6) is 0 Å². The van der Waals surface area contributed by atoms with Crippen LogP contribution < -0.4 is 0 Å². The van der Waals surface area contributed by atoms with Gasteiger partial charge in [-0.15, -0.1) is 0 Å². The Balaban J connectivity index is 1.92. The Labute approximate surface area is 108 Å². The molecule has 6 heteroatoms. The van der Waals surface area contributed by atoms with Gasteiger partial charge in [0, 0.05) is 13.1 Å². The van der Waals surface area contributed by atoms with Gasteiger partial charge < -0.3 is 5.11 Å². The maximum Gasteiger partial charge on any atom is 0.307 e. The van der Waals surface area contributed by atoms with Crippen LogP contribution in [-0.4, -0.2) is 42.6 Å². The predicted molar refractivity (Wildman–Crippen MR) is 67.7 cm³/mol. The van der Waals surface area contributed by atoms with Crippen LogP contribution in [0.15, 0.2) is 0 Å². The highest BCUT2D eigenvalue weighted by molar-refractivity contribution is 7.89. The molecule has 2 fully saturated rings. The fourth-order valence-corrected chi connectivity index (χ4v) is 4.87. The third-order valence-electron chi connectivity index (χ3n) is 4.06. The number of nitrogens with zero attached hydrogens (tertiary/aromatic N) is 1. The molecule has 0 aromatic carbocycles. The molecule has 1 saturated carbocycles. The highest BCUT2D eigenvalue weighted by atomic mass is 32.2. The van der Waals surface area contributed by atoms with Crippen LogP contribution in [0.4, 0.5) is 0 Å². The Bertz CT molecular complexity index is 400. The van der Waals surface area contributed by atoms with E-state index >= 15 is 0 Å². The van der Waals surface area contributed by atoms with Gasteiger partial charge in [0.2, 0.25) is 10.0 Å². The van der Waals surface area contributed by atoms with Gasteiger partial charge in [0.25, 0.3) is 0 Å². The summed E-state index contributed by atoms with van der Waals surface area (Å²) in [5, 5.41) is 8.90. The van der Waals surface area contributed by atoms with E-state index in [4.69, 9.17) is 5.11 Å². The first-order valence-electron chi connectivity index (χ1n) is 6.69. The largest absolute Gasteiger partial charge is 0.481 e. The first-order chi connectivity index (χ1) is 8.49. The fraction of sp³-hybridized carbons (Fsp3) is 0.917. The van der Waals surface area contributed by atoms with E-state index in [0.717, 1.165) is 25.7 Å². The third-order valence-corrected chi connectivity index (χ3v) is 6.08. The lowest BCUT2D eigenvalue weighted by Crippen LogP contribution is -2.34. The molecule has 5 nitrogen and oxygen atoms in total. The molecule has 104 valence electrons. The average Bonchev–Trinajstić information content (AvgIpc) is 2.79. The maximum atomic E-state index is 12.2. The number of hydrogen-bond donors (Lipinski definition) is 1. The Kier molecular flexibility index (Phi) is 4.27. The van der Waals surface area contributed by atoms with Crippen LogP contribution in [0.3, 0.4) is 0 Å². The smallest absolute Gasteiger partial charge is 0.307 e. The predicted octanol–water partition coefficient (Wildman–Crippen LogP) is 1.30. The quantitative estimate of drug-likeness (QED) is 0.839. The number of carboxylic acid groups (broad SMARTS) is 1. The second-order valence-electron chi connectivity index (χ2n) is 5.46. The average molecular weight is 275 g/mol. The molecule has 0 bridgehead atoms. The highest BCUT2D eigenvalue weighted by Crippen LogP contribution is 2.27. The summed E-state index contributed by atoms with van der Waals surface area (Å²) in [6.45, 7) is 0.524. The summed E-state index contributed by atoms with van der Waals surface area (Å²) in [6.07, 6.45) is 5.89. The topological polar surface area (TPSA) is 74.7 Å². The van der Waals surface area contributed by atoms with Crippen molar-refractivity contribution in [3.05, 3.63) is 0 Å². The molecule has 1 N–H and O–H groups in total. The minimum Gasteiger partial charge on any atom is -0.481 e. The molecule has 0 unspecified atom stereocenters. The Morgan fingerprint density at radius 1 is 1.17 bits per heavy atom. The van der Waals surface area contributed by atoms with Gasteiger partial charge in [-0.2, -0.15) is 0 Å². The number of rotatable bonds is 4. The molecule has 0 radical (unpaired) electrons. The van der Waals surface area contributed by atoms with Crippen LogP contribution in [0, 0.1) is 11.8 Å². The molecule has 2 aliphatic rings. The second-order valence-corrected chi connectivity index (χ2v) is 7.48. The van der Waals surface area contributed by atoms with Gasteiger partial charge in [-0.1, -0.05) is 19.3 Å². The fourth-order valence-electron chi connectivity index (χ4n) is 2.94. The van der Waals surface area contributed by atoms with Crippen LogP contribution in [0.1, 0.15) is 38.5 Å². The number of carboxylic acids is 1. The van der Waals surface area contributed by atoms with Crippen molar-refractivity contribution in [1.29, 1.82) is 0 Å². The molecule has 18 heavy (non-hydrogen) atoms. The van der Waals surface area contributed by atoms with E-state index in [1.54, 1.807) is 0 Å². The lowest BCUT2D eigenvalue weighted by Gasteiger charge is -2.24. The van der Waals surface area contributed by atoms with Gasteiger partial charge in [0.15, 0.2) is 0 Å². The van der Waals surface area contributed by atoms with Crippen molar-refractivity contribution in [2.45, 2.75) is 38.5 Å². The summed E-state index contributed by atoms with van der Waals surface area (Å²) < 4.78 is 25.8. The molecule has 1 aliphatic carbocycles. The normalized spacial score (nSPS) is 27.4. The zero-order valence-corrected chi connectivity index (χ0v) is 11.4. The minimum atomic E-state index is -3.26. The molecule has 0 amide bonds. The number of carbonyl (C=O) groups is 1. The van der Waals surface area contributed by atoms with E-state index < -0.39 is 21.9 Å². The Morgan fingerprint density at radius 3 is 2.39 bits per heavy atom. The van der Waals surface area contributed by atoms with Crippen molar-refractivity contribution in [3.8, 4) is 0 Å². The van der Waals surface area contributed by atoms with E-state index in [2.05, 4.69) is 0 Å². The third kappa shape index (κ3) is 3.23. The molecule has 1 saturated heterocycles. The van der Waals surface area contributed by atoms with E-state index in [9.17, 15) is 13.2 Å². The first-order valence-corrected chi connectivity index (χ1v) is 8.30. The van der Waals surface area contributed by atoms with E-state index in [1.165, 1.54) is 10.7 Å². The second kappa shape index (κ2) is 5.57. The first kappa shape index (κ1) is 13.8. The molecule has 0 aromatic heterocycles. The van der Waals surface area contributed by atoms with E-state index in [-0.39, 0.29) is 18.2 Å². The van der Waals surface area contributed by atoms with Gasteiger partial charge in [-0.05, 0) is 25.2 Å². The van der Waals surface area contributed by atoms with Crippen molar-refractivity contribution in [3.63, 3.8) is 0 Å². The van der Waals surface area contributed by atoms with Crippen molar-refractivity contribution in [2.75, 3.05) is 18.8 Å². The number of sulfonamides is 1. The molecule has 1 heterocycles. The lowest BCUT2D eigenvalue weighted by atomic mass is 9.91.